The molecule has 2 aromatic heterocycles. The Morgan fingerprint density at radius 2 is 1.82 bits per heavy atom. The summed E-state index contributed by atoms with van der Waals surface area (Å²) >= 11 is 0. The van der Waals surface area contributed by atoms with Gasteiger partial charge in [-0.2, -0.15) is 18.3 Å². The number of halogens is 5. The van der Waals surface area contributed by atoms with E-state index < -0.39 is 33.9 Å². The minimum atomic E-state index is -4.55. The van der Waals surface area contributed by atoms with Gasteiger partial charge in [0, 0.05) is 24.8 Å². The number of hydrogen-bond donors (Lipinski definition) is 1. The molecule has 0 atom stereocenters. The number of nitrogens with one attached hydrogen (secondary N) is 1. The van der Waals surface area contributed by atoms with E-state index in [2.05, 4.69) is 26.6 Å². The van der Waals surface area contributed by atoms with Crippen LogP contribution in [0.4, 0.5) is 22.0 Å². The Bertz CT molecular complexity index is 1620. The second-order valence-corrected chi connectivity index (χ2v) is 9.67. The van der Waals surface area contributed by atoms with Gasteiger partial charge in [-0.05, 0) is 36.4 Å². The van der Waals surface area contributed by atoms with Crippen molar-refractivity contribution in [2.24, 2.45) is 0 Å². The lowest BCUT2D eigenvalue weighted by Crippen LogP contribution is -2.27. The van der Waals surface area contributed by atoms with Gasteiger partial charge in [0.15, 0.2) is 5.65 Å². The fourth-order valence-corrected chi connectivity index (χ4v) is 4.51. The van der Waals surface area contributed by atoms with Crippen LogP contribution in [0.25, 0.3) is 16.9 Å². The maximum atomic E-state index is 13.8. The van der Waals surface area contributed by atoms with Crippen molar-refractivity contribution in [2.45, 2.75) is 17.5 Å². The first-order chi connectivity index (χ1) is 18.0. The van der Waals surface area contributed by atoms with Crippen LogP contribution < -0.4 is 4.72 Å². The van der Waals surface area contributed by atoms with Gasteiger partial charge in [-0.3, -0.25) is 0 Å². The third-order valence-corrected chi connectivity index (χ3v) is 6.77. The van der Waals surface area contributed by atoms with Crippen LogP contribution in [0.2, 0.25) is 0 Å². The van der Waals surface area contributed by atoms with Gasteiger partial charge in [-0.25, -0.2) is 31.4 Å². The summed E-state index contributed by atoms with van der Waals surface area (Å²) in [4.78, 5) is 4.29. The van der Waals surface area contributed by atoms with E-state index >= 15 is 0 Å². The fourth-order valence-electron chi connectivity index (χ4n) is 3.45. The predicted molar refractivity (Wildman–Crippen MR) is 128 cm³/mol. The first-order valence-corrected chi connectivity index (χ1v) is 12.4. The van der Waals surface area contributed by atoms with Crippen molar-refractivity contribution in [3.05, 3.63) is 83.2 Å². The summed E-state index contributed by atoms with van der Waals surface area (Å²) in [6, 6.07) is 10.8. The van der Waals surface area contributed by atoms with Crippen LogP contribution in [0.3, 0.4) is 0 Å². The summed E-state index contributed by atoms with van der Waals surface area (Å²) in [5, 5.41) is 3.94. The molecule has 0 amide bonds. The Labute approximate surface area is 214 Å². The van der Waals surface area contributed by atoms with Gasteiger partial charge in [-0.1, -0.05) is 30.0 Å². The van der Waals surface area contributed by atoms with Crippen molar-refractivity contribution in [1.82, 2.24) is 19.3 Å². The zero-order valence-electron chi connectivity index (χ0n) is 19.6. The fraction of sp³-hybridized carbons (Fsp3) is 0.200. The quantitative estimate of drug-likeness (QED) is 0.205. The average Bonchev–Trinajstić information content (AvgIpc) is 3.29. The van der Waals surface area contributed by atoms with Crippen LogP contribution in [0.15, 0.2) is 65.7 Å². The molecule has 4 rings (SSSR count). The molecule has 7 nitrogen and oxygen atoms in total. The summed E-state index contributed by atoms with van der Waals surface area (Å²) in [6.07, 6.45) is -6.28. The maximum Gasteiger partial charge on any atom is 0.416 e. The smallest absolute Gasteiger partial charge is 0.383 e. The molecule has 0 bridgehead atoms. The Hall–Kier alpha value is -3.86. The van der Waals surface area contributed by atoms with Crippen LogP contribution in [0.5, 0.6) is 0 Å². The third-order valence-electron chi connectivity index (χ3n) is 5.32. The number of methoxy groups -OCH3 is 1. The van der Waals surface area contributed by atoms with Gasteiger partial charge in [0.2, 0.25) is 10.0 Å². The van der Waals surface area contributed by atoms with E-state index in [0.717, 1.165) is 34.8 Å². The highest BCUT2D eigenvalue weighted by Gasteiger charge is 2.30. The van der Waals surface area contributed by atoms with Crippen molar-refractivity contribution in [3.8, 4) is 23.1 Å². The molecule has 0 aliphatic rings. The number of aromatic nitrogens is 3. The van der Waals surface area contributed by atoms with Gasteiger partial charge in [0.05, 0.1) is 34.5 Å². The monoisotopic (exact) mass is 550 g/mol. The summed E-state index contributed by atoms with van der Waals surface area (Å²) in [5.41, 5.74) is -0.741. The normalized spacial score (nSPS) is 12.1. The number of fused-ring (bicyclic) bond motifs is 1. The van der Waals surface area contributed by atoms with Gasteiger partial charge < -0.3 is 4.74 Å². The van der Waals surface area contributed by atoms with Crippen LogP contribution >= 0.6 is 0 Å². The molecule has 0 aliphatic carbocycles. The van der Waals surface area contributed by atoms with Gasteiger partial charge in [-0.15, -0.1) is 0 Å². The number of rotatable bonds is 7. The number of sulfonamides is 1. The molecule has 2 aromatic carbocycles. The van der Waals surface area contributed by atoms with Crippen molar-refractivity contribution in [1.29, 1.82) is 0 Å². The summed E-state index contributed by atoms with van der Waals surface area (Å²) in [6.45, 7) is 0.270. The number of benzene rings is 2. The standard InChI is InChI=1S/C25H19F5N4O3S/c1-37-12-11-32-38(35,36)20-4-2-3-16(13-20)5-6-18-15-31-34-22(23(26)27)14-21(33-24(18)34)17-7-9-19(10-8-17)25(28,29)30/h2-4,7-10,13-15,23,32H,11-12H2,1H3. The van der Waals surface area contributed by atoms with E-state index in [4.69, 9.17) is 4.74 Å². The topological polar surface area (TPSA) is 85.6 Å². The Morgan fingerprint density at radius 1 is 1.08 bits per heavy atom. The van der Waals surface area contributed by atoms with Crippen LogP contribution in [-0.2, 0) is 20.9 Å². The molecular formula is C25H19F5N4O3S. The van der Waals surface area contributed by atoms with Crippen molar-refractivity contribution >= 4 is 15.7 Å². The Balaban J connectivity index is 1.72. The van der Waals surface area contributed by atoms with Crippen LogP contribution in [-0.4, -0.2) is 43.3 Å². The highest BCUT2D eigenvalue weighted by Crippen LogP contribution is 2.32. The molecule has 2 heterocycles. The average molecular weight is 551 g/mol. The van der Waals surface area contributed by atoms with Crippen molar-refractivity contribution in [2.75, 3.05) is 20.3 Å². The molecule has 38 heavy (non-hydrogen) atoms. The van der Waals surface area contributed by atoms with Gasteiger partial charge in [0.25, 0.3) is 6.43 Å². The summed E-state index contributed by atoms with van der Waals surface area (Å²) < 4.78 is 99.4. The van der Waals surface area contributed by atoms with Crippen molar-refractivity contribution < 1.29 is 35.1 Å². The van der Waals surface area contributed by atoms with Crippen LogP contribution in [0, 0.1) is 11.8 Å². The first kappa shape index (κ1) is 27.2. The summed E-state index contributed by atoms with van der Waals surface area (Å²) in [7, 11) is -2.36. The highest BCUT2D eigenvalue weighted by atomic mass is 32.2. The molecule has 0 saturated heterocycles. The van der Waals surface area contributed by atoms with E-state index in [-0.39, 0.29) is 40.5 Å². The zero-order valence-corrected chi connectivity index (χ0v) is 20.4. The molecule has 0 radical (unpaired) electrons. The number of ether oxygens (including phenoxy) is 1. The second-order valence-electron chi connectivity index (χ2n) is 7.90. The number of alkyl halides is 5. The van der Waals surface area contributed by atoms with E-state index in [0.29, 0.717) is 5.56 Å². The molecule has 13 heteroatoms. The molecule has 1 N–H and O–H groups in total. The summed E-state index contributed by atoms with van der Waals surface area (Å²) in [5.74, 6) is 5.54. The number of nitrogens with zero attached hydrogens (tertiary/aromatic N) is 3. The van der Waals surface area contributed by atoms with E-state index in [1.165, 1.54) is 31.5 Å². The van der Waals surface area contributed by atoms with Gasteiger partial charge in [0.1, 0.15) is 5.69 Å². The van der Waals surface area contributed by atoms with Crippen LogP contribution in [0.1, 0.15) is 28.8 Å². The minimum absolute atomic E-state index is 0.0142. The lowest BCUT2D eigenvalue weighted by Gasteiger charge is -2.10. The molecule has 4 aromatic rings. The molecule has 0 spiro atoms. The lowest BCUT2D eigenvalue weighted by molar-refractivity contribution is -0.137. The first-order valence-electron chi connectivity index (χ1n) is 10.9. The maximum absolute atomic E-state index is 13.8. The Morgan fingerprint density at radius 3 is 2.47 bits per heavy atom. The zero-order chi connectivity index (χ0) is 27.5. The lowest BCUT2D eigenvalue weighted by atomic mass is 10.1. The largest absolute Gasteiger partial charge is 0.416 e. The number of hydrogen-bond acceptors (Lipinski definition) is 5. The molecule has 198 valence electrons. The van der Waals surface area contributed by atoms with E-state index in [9.17, 15) is 30.4 Å². The van der Waals surface area contributed by atoms with E-state index in [1.54, 1.807) is 6.07 Å². The van der Waals surface area contributed by atoms with E-state index in [1.807, 2.05) is 0 Å². The molecule has 0 saturated carbocycles. The third kappa shape index (κ3) is 5.99. The SMILES string of the molecule is COCCNS(=O)(=O)c1cccc(C#Cc2cnn3c(C(F)F)cc(-c4ccc(C(F)(F)F)cc4)nc23)c1. The molecule has 0 fully saturated rings. The van der Waals surface area contributed by atoms with Crippen molar-refractivity contribution in [3.63, 3.8) is 0 Å². The Kier molecular flexibility index (Phi) is 7.77. The highest BCUT2D eigenvalue weighted by molar-refractivity contribution is 7.89. The predicted octanol–water partition coefficient (Wildman–Crippen LogP) is 4.68. The molecule has 0 unspecified atom stereocenters. The molecule has 0 aliphatic heterocycles. The second kappa shape index (κ2) is 10.9. The minimum Gasteiger partial charge on any atom is -0.383 e. The van der Waals surface area contributed by atoms with Gasteiger partial charge >= 0.3 is 6.18 Å². The molecular weight excluding hydrogens is 531 g/mol.